The SMILES string of the molecule is CC1=C(C)C[C@@H](C(=O)N2CCc3ccccc32)[C@H](C(=O)[O-])C1. The Balaban J connectivity index is 1.90. The summed E-state index contributed by atoms with van der Waals surface area (Å²) in [4.78, 5) is 26.2. The van der Waals surface area contributed by atoms with Crippen molar-refractivity contribution in [1.29, 1.82) is 0 Å². The Hall–Kier alpha value is -2.10. The molecule has 0 bridgehead atoms. The number of aliphatic carboxylic acids is 1. The molecule has 3 rings (SSSR count). The number of amides is 1. The first-order valence-electron chi connectivity index (χ1n) is 7.74. The number of anilines is 1. The fourth-order valence-corrected chi connectivity index (χ4v) is 3.57. The molecule has 1 heterocycles. The summed E-state index contributed by atoms with van der Waals surface area (Å²) in [6.07, 6.45) is 1.76. The summed E-state index contributed by atoms with van der Waals surface area (Å²) < 4.78 is 0. The molecule has 0 fully saturated rings. The van der Waals surface area contributed by atoms with Crippen molar-refractivity contribution in [3.8, 4) is 0 Å². The summed E-state index contributed by atoms with van der Waals surface area (Å²) >= 11 is 0. The number of carboxylic acids is 1. The van der Waals surface area contributed by atoms with E-state index in [1.54, 1.807) is 4.90 Å². The van der Waals surface area contributed by atoms with Crippen LogP contribution in [0.1, 0.15) is 32.3 Å². The zero-order valence-corrected chi connectivity index (χ0v) is 13.0. The molecule has 0 radical (unpaired) electrons. The molecule has 0 aromatic heterocycles. The van der Waals surface area contributed by atoms with E-state index < -0.39 is 17.8 Å². The largest absolute Gasteiger partial charge is 0.550 e. The number of carbonyl (C=O) groups is 2. The van der Waals surface area contributed by atoms with E-state index in [0.717, 1.165) is 28.8 Å². The van der Waals surface area contributed by atoms with Crippen LogP contribution in [0.2, 0.25) is 0 Å². The van der Waals surface area contributed by atoms with E-state index in [9.17, 15) is 14.7 Å². The fraction of sp³-hybridized carbons (Fsp3) is 0.444. The first-order valence-corrected chi connectivity index (χ1v) is 7.74. The Kier molecular flexibility index (Phi) is 3.77. The van der Waals surface area contributed by atoms with Crippen LogP contribution in [0.3, 0.4) is 0 Å². The molecule has 116 valence electrons. The molecule has 0 unspecified atom stereocenters. The number of nitrogens with zero attached hydrogens (tertiary/aromatic N) is 1. The molecule has 1 aromatic rings. The highest BCUT2D eigenvalue weighted by Gasteiger charge is 2.37. The minimum absolute atomic E-state index is 0.0778. The van der Waals surface area contributed by atoms with Gasteiger partial charge in [-0.05, 0) is 44.7 Å². The quantitative estimate of drug-likeness (QED) is 0.781. The van der Waals surface area contributed by atoms with E-state index in [1.807, 2.05) is 38.1 Å². The topological polar surface area (TPSA) is 60.4 Å². The van der Waals surface area contributed by atoms with Crippen LogP contribution in [0.15, 0.2) is 35.4 Å². The number of fused-ring (bicyclic) bond motifs is 1. The molecule has 1 aliphatic heterocycles. The number of para-hydroxylation sites is 1. The maximum absolute atomic E-state index is 12.9. The maximum Gasteiger partial charge on any atom is 0.231 e. The molecule has 0 spiro atoms. The van der Waals surface area contributed by atoms with Crippen molar-refractivity contribution in [3.63, 3.8) is 0 Å². The molecule has 1 aliphatic carbocycles. The van der Waals surface area contributed by atoms with Gasteiger partial charge in [0.25, 0.3) is 0 Å². The van der Waals surface area contributed by atoms with Crippen LogP contribution in [-0.4, -0.2) is 18.4 Å². The van der Waals surface area contributed by atoms with Gasteiger partial charge in [-0.2, -0.15) is 0 Å². The second-order valence-corrected chi connectivity index (χ2v) is 6.37. The van der Waals surface area contributed by atoms with Gasteiger partial charge in [0.05, 0.1) is 5.92 Å². The summed E-state index contributed by atoms with van der Waals surface area (Å²) in [5.41, 5.74) is 4.28. The summed E-state index contributed by atoms with van der Waals surface area (Å²) in [6, 6.07) is 7.84. The highest BCUT2D eigenvalue weighted by Crippen LogP contribution is 2.37. The van der Waals surface area contributed by atoms with Gasteiger partial charge >= 0.3 is 0 Å². The van der Waals surface area contributed by atoms with Gasteiger partial charge in [-0.1, -0.05) is 29.3 Å². The molecular formula is C18H20NO3-. The van der Waals surface area contributed by atoms with Crippen LogP contribution < -0.4 is 10.0 Å². The van der Waals surface area contributed by atoms with Crippen LogP contribution in [0, 0.1) is 11.8 Å². The monoisotopic (exact) mass is 298 g/mol. The van der Waals surface area contributed by atoms with E-state index in [4.69, 9.17) is 0 Å². The van der Waals surface area contributed by atoms with E-state index in [0.29, 0.717) is 19.4 Å². The first kappa shape index (κ1) is 14.8. The summed E-state index contributed by atoms with van der Waals surface area (Å²) in [5, 5.41) is 11.5. The van der Waals surface area contributed by atoms with Crippen LogP contribution in [-0.2, 0) is 16.0 Å². The number of allylic oxidation sites excluding steroid dienone is 2. The van der Waals surface area contributed by atoms with E-state index in [-0.39, 0.29) is 5.91 Å². The molecule has 22 heavy (non-hydrogen) atoms. The number of carbonyl (C=O) groups excluding carboxylic acids is 2. The Labute approximate surface area is 130 Å². The second-order valence-electron chi connectivity index (χ2n) is 6.37. The predicted molar refractivity (Wildman–Crippen MR) is 82.1 cm³/mol. The Bertz CT molecular complexity index is 662. The van der Waals surface area contributed by atoms with Crippen LogP contribution in [0.4, 0.5) is 5.69 Å². The lowest BCUT2D eigenvalue weighted by Gasteiger charge is -2.35. The molecule has 2 atom stereocenters. The molecule has 4 nitrogen and oxygen atoms in total. The zero-order valence-electron chi connectivity index (χ0n) is 13.0. The van der Waals surface area contributed by atoms with Crippen molar-refractivity contribution in [1.82, 2.24) is 0 Å². The van der Waals surface area contributed by atoms with Gasteiger partial charge in [-0.15, -0.1) is 0 Å². The molecule has 1 aromatic carbocycles. The molecule has 1 amide bonds. The van der Waals surface area contributed by atoms with Gasteiger partial charge in [-0.25, -0.2) is 0 Å². The minimum Gasteiger partial charge on any atom is -0.550 e. The number of rotatable bonds is 2. The number of benzene rings is 1. The van der Waals surface area contributed by atoms with E-state index in [1.165, 1.54) is 0 Å². The predicted octanol–water partition coefficient (Wildman–Crippen LogP) is 1.69. The van der Waals surface area contributed by atoms with Gasteiger partial charge in [-0.3, -0.25) is 4.79 Å². The second kappa shape index (κ2) is 5.59. The number of carboxylic acid groups (broad SMARTS) is 1. The van der Waals surface area contributed by atoms with E-state index >= 15 is 0 Å². The average molecular weight is 298 g/mol. The summed E-state index contributed by atoms with van der Waals surface area (Å²) in [6.45, 7) is 4.56. The Morgan fingerprint density at radius 3 is 2.41 bits per heavy atom. The molecule has 0 saturated heterocycles. The molecule has 2 aliphatic rings. The lowest BCUT2D eigenvalue weighted by molar-refractivity contribution is -0.313. The molecule has 4 heteroatoms. The zero-order chi connectivity index (χ0) is 15.9. The highest BCUT2D eigenvalue weighted by molar-refractivity contribution is 5.99. The average Bonchev–Trinajstić information content (AvgIpc) is 2.92. The van der Waals surface area contributed by atoms with Crippen molar-refractivity contribution in [3.05, 3.63) is 41.0 Å². The van der Waals surface area contributed by atoms with Gasteiger partial charge in [0.1, 0.15) is 0 Å². The van der Waals surface area contributed by atoms with Gasteiger partial charge in [0.2, 0.25) is 5.91 Å². The molecular weight excluding hydrogens is 278 g/mol. The Morgan fingerprint density at radius 2 is 1.73 bits per heavy atom. The van der Waals surface area contributed by atoms with Crippen molar-refractivity contribution in [2.45, 2.75) is 33.1 Å². The molecule has 0 N–H and O–H groups in total. The standard InChI is InChI=1S/C18H21NO3/c1-11-9-14(15(18(21)22)10-12(11)2)17(20)19-8-7-13-5-3-4-6-16(13)19/h3-6,14-15H,7-10H2,1-2H3,(H,21,22)/p-1/t14-,15-/m1/s1. The van der Waals surface area contributed by atoms with Crippen molar-refractivity contribution in [2.75, 3.05) is 11.4 Å². The first-order chi connectivity index (χ1) is 10.5. The van der Waals surface area contributed by atoms with Gasteiger partial charge in [0, 0.05) is 24.1 Å². The van der Waals surface area contributed by atoms with Crippen molar-refractivity contribution >= 4 is 17.6 Å². The smallest absolute Gasteiger partial charge is 0.231 e. The highest BCUT2D eigenvalue weighted by atomic mass is 16.4. The third-order valence-corrected chi connectivity index (χ3v) is 5.04. The number of hydrogen-bond acceptors (Lipinski definition) is 3. The summed E-state index contributed by atoms with van der Waals surface area (Å²) in [5.74, 6) is -2.42. The van der Waals surface area contributed by atoms with Crippen LogP contribution in [0.5, 0.6) is 0 Å². The van der Waals surface area contributed by atoms with Gasteiger partial charge < -0.3 is 14.8 Å². The third-order valence-electron chi connectivity index (χ3n) is 5.04. The lowest BCUT2D eigenvalue weighted by Crippen LogP contribution is -2.46. The van der Waals surface area contributed by atoms with Crippen LogP contribution in [0.25, 0.3) is 0 Å². The normalized spacial score (nSPS) is 24.4. The van der Waals surface area contributed by atoms with Crippen molar-refractivity contribution in [2.24, 2.45) is 11.8 Å². The molecule has 0 saturated carbocycles. The summed E-state index contributed by atoms with van der Waals surface area (Å²) in [7, 11) is 0. The fourth-order valence-electron chi connectivity index (χ4n) is 3.57. The number of hydrogen-bond donors (Lipinski definition) is 0. The third kappa shape index (κ3) is 2.43. The maximum atomic E-state index is 12.9. The lowest BCUT2D eigenvalue weighted by atomic mass is 9.76. The van der Waals surface area contributed by atoms with Crippen LogP contribution >= 0.6 is 0 Å². The Morgan fingerprint density at radius 1 is 1.09 bits per heavy atom. The van der Waals surface area contributed by atoms with Gasteiger partial charge in [0.15, 0.2) is 0 Å². The minimum atomic E-state index is -1.11. The van der Waals surface area contributed by atoms with Crippen molar-refractivity contribution < 1.29 is 14.7 Å². The van der Waals surface area contributed by atoms with E-state index in [2.05, 4.69) is 0 Å².